The van der Waals surface area contributed by atoms with Crippen LogP contribution >= 0.6 is 0 Å². The van der Waals surface area contributed by atoms with Crippen LogP contribution in [0.3, 0.4) is 0 Å². The van der Waals surface area contributed by atoms with Crippen molar-refractivity contribution in [3.63, 3.8) is 0 Å². The maximum absolute atomic E-state index is 12.3. The van der Waals surface area contributed by atoms with Crippen molar-refractivity contribution in [2.75, 3.05) is 0 Å². The smallest absolute Gasteiger partial charge is 0.224 e. The first kappa shape index (κ1) is 15.8. The lowest BCUT2D eigenvalue weighted by molar-refractivity contribution is -0.121. The van der Waals surface area contributed by atoms with E-state index < -0.39 is 0 Å². The van der Waals surface area contributed by atoms with Crippen LogP contribution in [0.2, 0.25) is 0 Å². The van der Waals surface area contributed by atoms with E-state index in [-0.39, 0.29) is 5.91 Å². The molecule has 23 heavy (non-hydrogen) atoms. The Morgan fingerprint density at radius 1 is 0.957 bits per heavy atom. The second kappa shape index (κ2) is 7.45. The highest BCUT2D eigenvalue weighted by molar-refractivity contribution is 5.79. The van der Waals surface area contributed by atoms with Gasteiger partial charge in [-0.05, 0) is 55.2 Å². The minimum absolute atomic E-state index is 0.155. The maximum atomic E-state index is 12.3. The van der Waals surface area contributed by atoms with Crippen LogP contribution in [0.15, 0.2) is 54.6 Å². The molecule has 0 aliphatic heterocycles. The van der Waals surface area contributed by atoms with Crippen LogP contribution in [0.25, 0.3) is 0 Å². The Labute approximate surface area is 138 Å². The monoisotopic (exact) mass is 307 g/mol. The van der Waals surface area contributed by atoms with E-state index in [1.54, 1.807) is 0 Å². The molecule has 0 unspecified atom stereocenters. The summed E-state index contributed by atoms with van der Waals surface area (Å²) in [5, 5.41) is 3.23. The van der Waals surface area contributed by atoms with Crippen molar-refractivity contribution in [1.82, 2.24) is 5.32 Å². The SMILES string of the molecule is Cc1ccccc1CC(=O)NC1CCC(c2ccccc2)CC1. The van der Waals surface area contributed by atoms with Gasteiger partial charge in [0, 0.05) is 6.04 Å². The molecule has 1 amide bonds. The summed E-state index contributed by atoms with van der Waals surface area (Å²) in [4.78, 5) is 12.3. The standard InChI is InChI=1S/C21H25NO/c1-16-7-5-6-10-19(16)15-21(23)22-20-13-11-18(12-14-20)17-8-3-2-4-9-17/h2-10,18,20H,11-15H2,1H3,(H,22,23). The van der Waals surface area contributed by atoms with Crippen molar-refractivity contribution < 1.29 is 4.79 Å². The number of nitrogens with one attached hydrogen (secondary N) is 1. The van der Waals surface area contributed by atoms with Crippen LogP contribution < -0.4 is 5.32 Å². The van der Waals surface area contributed by atoms with E-state index in [1.807, 2.05) is 18.2 Å². The van der Waals surface area contributed by atoms with Gasteiger partial charge in [0.2, 0.25) is 5.91 Å². The molecule has 1 saturated carbocycles. The van der Waals surface area contributed by atoms with Gasteiger partial charge in [0.25, 0.3) is 0 Å². The molecule has 1 aliphatic rings. The lowest BCUT2D eigenvalue weighted by Gasteiger charge is -2.29. The van der Waals surface area contributed by atoms with E-state index in [9.17, 15) is 4.79 Å². The van der Waals surface area contributed by atoms with Gasteiger partial charge in [-0.1, -0.05) is 54.6 Å². The van der Waals surface area contributed by atoms with Crippen molar-refractivity contribution in [3.05, 3.63) is 71.3 Å². The number of benzene rings is 2. The summed E-state index contributed by atoms with van der Waals surface area (Å²) in [5.74, 6) is 0.809. The number of hydrogen-bond acceptors (Lipinski definition) is 1. The van der Waals surface area contributed by atoms with Crippen LogP contribution in [0.1, 0.15) is 48.3 Å². The average molecular weight is 307 g/mol. The highest BCUT2D eigenvalue weighted by Gasteiger charge is 2.23. The first-order chi connectivity index (χ1) is 11.2. The summed E-state index contributed by atoms with van der Waals surface area (Å²) < 4.78 is 0. The fraction of sp³-hybridized carbons (Fsp3) is 0.381. The van der Waals surface area contributed by atoms with Crippen LogP contribution in [0.5, 0.6) is 0 Å². The maximum Gasteiger partial charge on any atom is 0.224 e. The highest BCUT2D eigenvalue weighted by Crippen LogP contribution is 2.32. The predicted octanol–water partition coefficient (Wildman–Crippen LogP) is 4.38. The molecule has 0 radical (unpaired) electrons. The van der Waals surface area contributed by atoms with Gasteiger partial charge in [0.05, 0.1) is 6.42 Å². The second-order valence-corrected chi connectivity index (χ2v) is 6.63. The fourth-order valence-corrected chi connectivity index (χ4v) is 3.56. The summed E-state index contributed by atoms with van der Waals surface area (Å²) >= 11 is 0. The molecule has 0 saturated heterocycles. The third-order valence-corrected chi connectivity index (χ3v) is 4.98. The minimum atomic E-state index is 0.155. The van der Waals surface area contributed by atoms with Gasteiger partial charge in [-0.3, -0.25) is 4.79 Å². The van der Waals surface area contributed by atoms with Crippen LogP contribution in [-0.4, -0.2) is 11.9 Å². The van der Waals surface area contributed by atoms with Gasteiger partial charge in [-0.2, -0.15) is 0 Å². The largest absolute Gasteiger partial charge is 0.353 e. The van der Waals surface area contributed by atoms with Gasteiger partial charge >= 0.3 is 0 Å². The molecule has 2 aromatic carbocycles. The molecule has 0 spiro atoms. The Bertz CT molecular complexity index is 642. The number of carbonyl (C=O) groups is 1. The Balaban J connectivity index is 1.49. The molecule has 0 aromatic heterocycles. The molecule has 2 nitrogen and oxygen atoms in total. The van der Waals surface area contributed by atoms with Crippen molar-refractivity contribution >= 4 is 5.91 Å². The third-order valence-electron chi connectivity index (χ3n) is 4.98. The van der Waals surface area contributed by atoms with Crippen molar-refractivity contribution in [3.8, 4) is 0 Å². The van der Waals surface area contributed by atoms with E-state index in [4.69, 9.17) is 0 Å². The third kappa shape index (κ3) is 4.22. The van der Waals surface area contributed by atoms with E-state index in [1.165, 1.54) is 24.0 Å². The summed E-state index contributed by atoms with van der Waals surface area (Å²) in [7, 11) is 0. The molecule has 120 valence electrons. The quantitative estimate of drug-likeness (QED) is 0.892. The van der Waals surface area contributed by atoms with Crippen molar-refractivity contribution in [1.29, 1.82) is 0 Å². The zero-order chi connectivity index (χ0) is 16.1. The molecule has 0 bridgehead atoms. The van der Waals surface area contributed by atoms with Gasteiger partial charge in [-0.15, -0.1) is 0 Å². The van der Waals surface area contributed by atoms with Crippen molar-refractivity contribution in [2.45, 2.75) is 51.0 Å². The van der Waals surface area contributed by atoms with Gasteiger partial charge in [-0.25, -0.2) is 0 Å². The molecule has 1 aliphatic carbocycles. The summed E-state index contributed by atoms with van der Waals surface area (Å²) in [6.07, 6.45) is 4.99. The average Bonchev–Trinajstić information content (AvgIpc) is 2.58. The van der Waals surface area contributed by atoms with E-state index >= 15 is 0 Å². The summed E-state index contributed by atoms with van der Waals surface area (Å²) in [6, 6.07) is 19.2. The molecule has 2 aromatic rings. The van der Waals surface area contributed by atoms with Crippen LogP contribution in [-0.2, 0) is 11.2 Å². The zero-order valence-electron chi connectivity index (χ0n) is 13.8. The topological polar surface area (TPSA) is 29.1 Å². The predicted molar refractivity (Wildman–Crippen MR) is 94.5 cm³/mol. The Morgan fingerprint density at radius 3 is 2.30 bits per heavy atom. The first-order valence-corrected chi connectivity index (χ1v) is 8.61. The summed E-state index contributed by atoms with van der Waals surface area (Å²) in [5.41, 5.74) is 3.76. The molecule has 0 atom stereocenters. The fourth-order valence-electron chi connectivity index (χ4n) is 3.56. The van der Waals surface area contributed by atoms with E-state index in [0.717, 1.165) is 18.4 Å². The zero-order valence-corrected chi connectivity index (χ0v) is 13.8. The molecular formula is C21H25NO. The molecule has 0 heterocycles. The molecular weight excluding hydrogens is 282 g/mol. The van der Waals surface area contributed by atoms with Gasteiger partial charge in [0.15, 0.2) is 0 Å². The minimum Gasteiger partial charge on any atom is -0.353 e. The lowest BCUT2D eigenvalue weighted by Crippen LogP contribution is -2.38. The number of carbonyl (C=O) groups excluding carboxylic acids is 1. The number of rotatable bonds is 4. The highest BCUT2D eigenvalue weighted by atomic mass is 16.1. The van der Waals surface area contributed by atoms with Crippen LogP contribution in [0.4, 0.5) is 0 Å². The van der Waals surface area contributed by atoms with Gasteiger partial charge < -0.3 is 5.32 Å². The van der Waals surface area contributed by atoms with Crippen LogP contribution in [0, 0.1) is 6.92 Å². The normalized spacial score (nSPS) is 20.9. The molecule has 3 rings (SSSR count). The van der Waals surface area contributed by atoms with Gasteiger partial charge in [0.1, 0.15) is 0 Å². The Hall–Kier alpha value is -2.09. The molecule has 1 fully saturated rings. The Morgan fingerprint density at radius 2 is 1.61 bits per heavy atom. The number of hydrogen-bond donors (Lipinski definition) is 1. The second-order valence-electron chi connectivity index (χ2n) is 6.63. The lowest BCUT2D eigenvalue weighted by atomic mass is 9.82. The number of amides is 1. The molecule has 2 heteroatoms. The first-order valence-electron chi connectivity index (χ1n) is 8.61. The number of aryl methyl sites for hydroxylation is 1. The van der Waals surface area contributed by atoms with E-state index in [2.05, 4.69) is 48.6 Å². The summed E-state index contributed by atoms with van der Waals surface area (Å²) in [6.45, 7) is 2.06. The van der Waals surface area contributed by atoms with E-state index in [0.29, 0.717) is 18.4 Å². The Kier molecular flexibility index (Phi) is 5.12. The van der Waals surface area contributed by atoms with Crippen molar-refractivity contribution in [2.24, 2.45) is 0 Å². The molecule has 1 N–H and O–H groups in total.